The zero-order valence-electron chi connectivity index (χ0n) is 6.41. The second-order valence-corrected chi connectivity index (χ2v) is 1.75. The highest BCUT2D eigenvalue weighted by Gasteiger charge is 1.85. The Morgan fingerprint density at radius 3 is 3.00 bits per heavy atom. The molecule has 4 heteroatoms. The molecule has 0 saturated heterocycles. The molecule has 0 rings (SSSR count). The van der Waals surface area contributed by atoms with Gasteiger partial charge in [-0.1, -0.05) is 6.92 Å². The van der Waals surface area contributed by atoms with Crippen LogP contribution in [0.15, 0.2) is 16.8 Å². The van der Waals surface area contributed by atoms with Crippen molar-refractivity contribution in [3.05, 3.63) is 11.8 Å². The first-order chi connectivity index (χ1) is 5.35. The van der Waals surface area contributed by atoms with Crippen molar-refractivity contribution in [2.75, 3.05) is 6.73 Å². The predicted octanol–water partition coefficient (Wildman–Crippen LogP) is 0.372. The zero-order chi connectivity index (χ0) is 8.53. The average molecular weight is 153 g/mol. The first-order valence-electron chi connectivity index (χ1n) is 3.29. The third-order valence-electron chi connectivity index (χ3n) is 1.03. The molecule has 2 N–H and O–H groups in total. The monoisotopic (exact) mass is 153 g/mol. The van der Waals surface area contributed by atoms with Crippen LogP contribution in [-0.4, -0.2) is 18.2 Å². The molecule has 0 aromatic heterocycles. The van der Waals surface area contributed by atoms with Gasteiger partial charge in [0.05, 0.1) is 12.4 Å². The Kier molecular flexibility index (Phi) is 5.95. The minimum absolute atomic E-state index is 0.241. The summed E-state index contributed by atoms with van der Waals surface area (Å²) in [5, 5.41) is 19.3. The second-order valence-electron chi connectivity index (χ2n) is 1.75. The molecule has 0 aliphatic carbocycles. The maximum atomic E-state index is 8.43. The smallest absolute Gasteiger partial charge is 0.135 e. The number of nitrogens with one attached hydrogen (secondary N) is 1. The quantitative estimate of drug-likeness (QED) is 0.348. The van der Waals surface area contributed by atoms with Crippen molar-refractivity contribution in [1.29, 1.82) is 5.26 Å². The number of rotatable bonds is 4. The van der Waals surface area contributed by atoms with E-state index in [1.165, 1.54) is 6.34 Å². The van der Waals surface area contributed by atoms with E-state index in [-0.39, 0.29) is 6.73 Å². The number of hydrogen-bond acceptors (Lipinski definition) is 3. The lowest BCUT2D eigenvalue weighted by atomic mass is 10.2. The summed E-state index contributed by atoms with van der Waals surface area (Å²) in [5.74, 6) is 0. The number of aliphatic imine (C=N–C) groups is 1. The van der Waals surface area contributed by atoms with Gasteiger partial charge in [0, 0.05) is 11.8 Å². The summed E-state index contributed by atoms with van der Waals surface area (Å²) in [7, 11) is 0. The van der Waals surface area contributed by atoms with Gasteiger partial charge in [-0.15, -0.1) is 0 Å². The lowest BCUT2D eigenvalue weighted by Crippen LogP contribution is -2.02. The van der Waals surface area contributed by atoms with E-state index in [9.17, 15) is 0 Å². The highest BCUT2D eigenvalue weighted by Crippen LogP contribution is 1.93. The Morgan fingerprint density at radius 1 is 1.82 bits per heavy atom. The number of aliphatic hydroxyl groups excluding tert-OH is 1. The molecule has 0 spiro atoms. The SMILES string of the molecule is CC/C(C#N)=C\NC=NCO. The lowest BCUT2D eigenvalue weighted by Gasteiger charge is -1.90. The van der Waals surface area contributed by atoms with Gasteiger partial charge in [-0.2, -0.15) is 5.26 Å². The molecule has 0 aliphatic rings. The van der Waals surface area contributed by atoms with Crippen LogP contribution in [0.25, 0.3) is 0 Å². The molecule has 4 nitrogen and oxygen atoms in total. The lowest BCUT2D eigenvalue weighted by molar-refractivity contribution is 0.309. The molecular formula is C7H11N3O. The number of allylic oxidation sites excluding steroid dienone is 1. The standard InChI is InChI=1S/C7H11N3O/c1-2-7(3-8)4-9-5-10-6-11/h4-5,11H,2,6H2,1H3,(H,9,10)/b7-4+. The molecule has 0 aromatic carbocycles. The maximum absolute atomic E-state index is 8.43. The van der Waals surface area contributed by atoms with Crippen molar-refractivity contribution in [2.24, 2.45) is 4.99 Å². The van der Waals surface area contributed by atoms with Gasteiger partial charge < -0.3 is 10.4 Å². The molecule has 0 bridgehead atoms. The van der Waals surface area contributed by atoms with Crippen molar-refractivity contribution in [3.63, 3.8) is 0 Å². The molecule has 0 amide bonds. The first-order valence-corrected chi connectivity index (χ1v) is 3.29. The fourth-order valence-corrected chi connectivity index (χ4v) is 0.445. The number of nitriles is 1. The van der Waals surface area contributed by atoms with Gasteiger partial charge in [0.1, 0.15) is 6.73 Å². The minimum atomic E-state index is -0.241. The summed E-state index contributed by atoms with van der Waals surface area (Å²) in [6.45, 7) is 1.65. The molecule has 0 heterocycles. The number of aliphatic hydroxyl groups is 1. The van der Waals surface area contributed by atoms with Crippen molar-refractivity contribution < 1.29 is 5.11 Å². The molecule has 0 aliphatic heterocycles. The third-order valence-corrected chi connectivity index (χ3v) is 1.03. The largest absolute Gasteiger partial charge is 0.374 e. The fraction of sp³-hybridized carbons (Fsp3) is 0.429. The zero-order valence-corrected chi connectivity index (χ0v) is 6.41. The summed E-state index contributed by atoms with van der Waals surface area (Å²) in [6.07, 6.45) is 3.59. The van der Waals surface area contributed by atoms with Crippen LogP contribution in [0.3, 0.4) is 0 Å². The average Bonchev–Trinajstić information content (AvgIpc) is 2.05. The van der Waals surface area contributed by atoms with Crippen LogP contribution in [0.5, 0.6) is 0 Å². The molecule has 11 heavy (non-hydrogen) atoms. The van der Waals surface area contributed by atoms with E-state index in [1.54, 1.807) is 6.20 Å². The van der Waals surface area contributed by atoms with Crippen LogP contribution in [0.1, 0.15) is 13.3 Å². The Bertz CT molecular complexity index is 190. The van der Waals surface area contributed by atoms with E-state index in [2.05, 4.69) is 10.3 Å². The molecule has 0 aromatic rings. The van der Waals surface area contributed by atoms with E-state index < -0.39 is 0 Å². The molecule has 0 radical (unpaired) electrons. The Hall–Kier alpha value is -1.34. The summed E-state index contributed by atoms with van der Waals surface area (Å²) in [5.41, 5.74) is 0.648. The third kappa shape index (κ3) is 5.12. The van der Waals surface area contributed by atoms with Crippen LogP contribution in [0.4, 0.5) is 0 Å². The normalized spacial score (nSPS) is 11.5. The van der Waals surface area contributed by atoms with Crippen molar-refractivity contribution in [3.8, 4) is 6.07 Å². The summed E-state index contributed by atoms with van der Waals surface area (Å²) < 4.78 is 0. The molecule has 60 valence electrons. The number of nitrogens with zero attached hydrogens (tertiary/aromatic N) is 2. The first kappa shape index (κ1) is 9.66. The van der Waals surface area contributed by atoms with Crippen LogP contribution >= 0.6 is 0 Å². The van der Waals surface area contributed by atoms with Crippen LogP contribution in [-0.2, 0) is 0 Å². The fourth-order valence-electron chi connectivity index (χ4n) is 0.445. The minimum Gasteiger partial charge on any atom is -0.374 e. The number of hydrogen-bond donors (Lipinski definition) is 2. The van der Waals surface area contributed by atoms with Crippen molar-refractivity contribution >= 4 is 6.34 Å². The molecule has 0 atom stereocenters. The van der Waals surface area contributed by atoms with E-state index in [0.29, 0.717) is 12.0 Å². The predicted molar refractivity (Wildman–Crippen MR) is 42.7 cm³/mol. The van der Waals surface area contributed by atoms with Gasteiger partial charge in [-0.05, 0) is 6.42 Å². The Labute approximate surface area is 65.9 Å². The van der Waals surface area contributed by atoms with Crippen molar-refractivity contribution in [2.45, 2.75) is 13.3 Å². The van der Waals surface area contributed by atoms with Crippen LogP contribution in [0, 0.1) is 11.3 Å². The van der Waals surface area contributed by atoms with Crippen molar-refractivity contribution in [1.82, 2.24) is 5.32 Å². The highest BCUT2D eigenvalue weighted by atomic mass is 16.3. The molecule has 0 unspecified atom stereocenters. The van der Waals surface area contributed by atoms with Crippen LogP contribution < -0.4 is 5.32 Å². The van der Waals surface area contributed by atoms with E-state index in [1.807, 2.05) is 13.0 Å². The van der Waals surface area contributed by atoms with E-state index in [4.69, 9.17) is 10.4 Å². The molecule has 0 fully saturated rings. The van der Waals surface area contributed by atoms with Crippen LogP contribution in [0.2, 0.25) is 0 Å². The van der Waals surface area contributed by atoms with Gasteiger partial charge in [-0.3, -0.25) is 0 Å². The molecular weight excluding hydrogens is 142 g/mol. The maximum Gasteiger partial charge on any atom is 0.135 e. The summed E-state index contributed by atoms with van der Waals surface area (Å²) in [4.78, 5) is 3.48. The van der Waals surface area contributed by atoms with Gasteiger partial charge in [0.15, 0.2) is 0 Å². The van der Waals surface area contributed by atoms with E-state index >= 15 is 0 Å². The molecule has 0 saturated carbocycles. The second kappa shape index (κ2) is 6.78. The Morgan fingerprint density at radius 2 is 2.55 bits per heavy atom. The van der Waals surface area contributed by atoms with Gasteiger partial charge in [0.2, 0.25) is 0 Å². The Balaban J connectivity index is 3.73. The summed E-state index contributed by atoms with van der Waals surface area (Å²) >= 11 is 0. The van der Waals surface area contributed by atoms with Gasteiger partial charge in [0.25, 0.3) is 0 Å². The highest BCUT2D eigenvalue weighted by molar-refractivity contribution is 5.56. The summed E-state index contributed by atoms with van der Waals surface area (Å²) in [6, 6.07) is 2.00. The topological polar surface area (TPSA) is 68.4 Å². The van der Waals surface area contributed by atoms with Gasteiger partial charge >= 0.3 is 0 Å². The van der Waals surface area contributed by atoms with Gasteiger partial charge in [-0.25, -0.2) is 4.99 Å². The van der Waals surface area contributed by atoms with E-state index in [0.717, 1.165) is 0 Å².